The Labute approximate surface area is 246 Å². The van der Waals surface area contributed by atoms with E-state index < -0.39 is 29.7 Å². The number of amides is 2. The molecule has 0 saturated carbocycles. The van der Waals surface area contributed by atoms with Crippen LogP contribution < -0.4 is 15.9 Å². The normalized spacial score (nSPS) is 16.7. The van der Waals surface area contributed by atoms with Crippen LogP contribution in [0.15, 0.2) is 133 Å². The number of urea groups is 1. The minimum Gasteiger partial charge on any atom is -0.724 e. The van der Waals surface area contributed by atoms with Crippen LogP contribution in [0.2, 0.25) is 0 Å². The van der Waals surface area contributed by atoms with E-state index in [4.69, 9.17) is 0 Å². The van der Waals surface area contributed by atoms with Gasteiger partial charge in [0, 0.05) is 18.3 Å². The van der Waals surface area contributed by atoms with Crippen molar-refractivity contribution in [3.05, 3.63) is 139 Å². The number of nitrogens with zero attached hydrogens (tertiary/aromatic N) is 3. The van der Waals surface area contributed by atoms with Crippen molar-refractivity contribution in [3.63, 3.8) is 0 Å². The Balaban J connectivity index is 0.000000169. The van der Waals surface area contributed by atoms with Crippen molar-refractivity contribution in [2.75, 3.05) is 13.1 Å². The zero-order chi connectivity index (χ0) is 29.6. The van der Waals surface area contributed by atoms with Crippen LogP contribution in [-0.4, -0.2) is 53.1 Å². The molecular formula is C32H30N3O5PS. The molecule has 0 aliphatic carbocycles. The van der Waals surface area contributed by atoms with Crippen molar-refractivity contribution in [2.45, 2.75) is 13.0 Å². The lowest BCUT2D eigenvalue weighted by molar-refractivity contribution is -0.0172. The molecule has 3 heterocycles. The van der Waals surface area contributed by atoms with Crippen molar-refractivity contribution in [3.8, 4) is 0 Å². The summed E-state index contributed by atoms with van der Waals surface area (Å²) in [7, 11) is -6.74. The van der Waals surface area contributed by atoms with Gasteiger partial charge in [0.25, 0.3) is 0 Å². The zero-order valence-corrected chi connectivity index (χ0v) is 24.6. The molecule has 6 rings (SSSR count). The van der Waals surface area contributed by atoms with Crippen molar-refractivity contribution in [1.82, 2.24) is 14.9 Å². The van der Waals surface area contributed by atoms with E-state index in [0.29, 0.717) is 22.9 Å². The van der Waals surface area contributed by atoms with Gasteiger partial charge in [-0.3, -0.25) is 4.98 Å². The van der Waals surface area contributed by atoms with Gasteiger partial charge in [-0.2, -0.15) is 9.35 Å². The Morgan fingerprint density at radius 2 is 1.38 bits per heavy atom. The van der Waals surface area contributed by atoms with Crippen LogP contribution in [0.3, 0.4) is 0 Å². The highest BCUT2D eigenvalue weighted by atomic mass is 32.3. The van der Waals surface area contributed by atoms with E-state index in [1.807, 2.05) is 0 Å². The van der Waals surface area contributed by atoms with Crippen LogP contribution in [0.1, 0.15) is 12.6 Å². The summed E-state index contributed by atoms with van der Waals surface area (Å²) in [6.45, 7) is 2.69. The fourth-order valence-corrected chi connectivity index (χ4v) is 9.41. The lowest BCUT2D eigenvalue weighted by Crippen LogP contribution is -2.36. The van der Waals surface area contributed by atoms with Crippen LogP contribution in [-0.2, 0) is 14.7 Å². The van der Waals surface area contributed by atoms with Crippen LogP contribution in [0.5, 0.6) is 0 Å². The molecule has 2 amide bonds. The van der Waals surface area contributed by atoms with Gasteiger partial charge in [-0.15, -0.1) is 0 Å². The molecule has 3 aromatic carbocycles. The number of carbonyl (C=O) groups is 1. The maximum atomic E-state index is 11.9. The van der Waals surface area contributed by atoms with Gasteiger partial charge >= 0.3 is 6.03 Å². The van der Waals surface area contributed by atoms with E-state index in [9.17, 15) is 17.8 Å². The van der Waals surface area contributed by atoms with Crippen molar-refractivity contribution < 1.29 is 22.0 Å². The molecule has 2 aliphatic heterocycles. The molecule has 214 valence electrons. The largest absolute Gasteiger partial charge is 0.724 e. The fourth-order valence-electron chi connectivity index (χ4n) is 5.26. The summed E-state index contributed by atoms with van der Waals surface area (Å²) in [5, 5.41) is 4.79. The number of rotatable bonds is 7. The average Bonchev–Trinajstić information content (AvgIpc) is 3.25. The molecule has 2 aliphatic rings. The highest BCUT2D eigenvalue weighted by Gasteiger charge is 2.45. The second-order valence-electron chi connectivity index (χ2n) is 9.60. The SMILES string of the molecule is C/C=C\[P+](c1ccccc1)(c1ccccc1)c1ccccc1.O=C1N2CC=C(c3ccccn3)C(C2)N1OS(=O)(=O)[O-]. The van der Waals surface area contributed by atoms with E-state index in [1.165, 1.54) is 20.8 Å². The highest BCUT2D eigenvalue weighted by Crippen LogP contribution is 2.56. The molecule has 1 atom stereocenters. The van der Waals surface area contributed by atoms with Gasteiger partial charge in [-0.1, -0.05) is 72.8 Å². The zero-order valence-electron chi connectivity index (χ0n) is 22.9. The number of hydrogen-bond acceptors (Lipinski definition) is 6. The van der Waals surface area contributed by atoms with Gasteiger partial charge in [0.15, 0.2) is 0 Å². The molecule has 42 heavy (non-hydrogen) atoms. The molecule has 10 heteroatoms. The third kappa shape index (κ3) is 6.20. The number of pyridine rings is 1. The van der Waals surface area contributed by atoms with Crippen LogP contribution in [0.4, 0.5) is 4.79 Å². The standard InChI is InChI=1S/C21H20P.C11H11N3O5S/c1-2-18-22(19-12-6-3-7-13-19,20-14-8-4-9-15-20)21-16-10-5-11-17-21;15-11-13-6-4-8(9-3-1-2-5-12-9)10(7-13)14(11)19-20(16,17)18/h2-18H,1H3;1-5,10H,6-7H2,(H,16,17,18)/q+1;/p-1/b18-2-;. The van der Waals surface area contributed by atoms with E-state index in [-0.39, 0.29) is 6.54 Å². The van der Waals surface area contributed by atoms with E-state index in [0.717, 1.165) is 0 Å². The van der Waals surface area contributed by atoms with Gasteiger partial charge in [-0.25, -0.2) is 13.2 Å². The Bertz CT molecular complexity index is 1570. The Morgan fingerprint density at radius 1 is 0.857 bits per heavy atom. The number of carbonyl (C=O) groups excluding carboxylic acids is 1. The summed E-state index contributed by atoms with van der Waals surface area (Å²) in [6, 6.07) is 36.6. The first-order valence-corrected chi connectivity index (χ1v) is 16.6. The number of allylic oxidation sites excluding steroid dienone is 1. The van der Waals surface area contributed by atoms with Gasteiger partial charge in [0.1, 0.15) is 29.2 Å². The Kier molecular flexibility index (Phi) is 8.94. The highest BCUT2D eigenvalue weighted by molar-refractivity contribution is 7.98. The number of aromatic nitrogens is 1. The second-order valence-corrected chi connectivity index (χ2v) is 13.9. The van der Waals surface area contributed by atoms with Gasteiger partial charge in [0.05, 0.1) is 18.1 Å². The number of hydroxylamine groups is 2. The lowest BCUT2D eigenvalue weighted by atomic mass is 10.0. The number of hydrogen-bond donors (Lipinski definition) is 0. The van der Waals surface area contributed by atoms with Crippen LogP contribution in [0, 0.1) is 0 Å². The average molecular weight is 600 g/mol. The predicted octanol–water partition coefficient (Wildman–Crippen LogP) is 4.49. The van der Waals surface area contributed by atoms with E-state index in [2.05, 4.69) is 119 Å². The molecule has 2 bridgehead atoms. The summed E-state index contributed by atoms with van der Waals surface area (Å²) in [4.78, 5) is 17.5. The monoisotopic (exact) mass is 599 g/mol. The maximum absolute atomic E-state index is 11.9. The topological polar surface area (TPSA) is 103 Å². The molecule has 8 nitrogen and oxygen atoms in total. The third-order valence-electron chi connectivity index (χ3n) is 7.02. The first-order valence-electron chi connectivity index (χ1n) is 13.4. The first kappa shape index (κ1) is 29.4. The number of benzene rings is 3. The van der Waals surface area contributed by atoms with Crippen LogP contribution >= 0.6 is 7.26 Å². The quantitative estimate of drug-likeness (QED) is 0.176. The Morgan fingerprint density at radius 3 is 1.83 bits per heavy atom. The maximum Gasteiger partial charge on any atom is 0.346 e. The molecule has 0 radical (unpaired) electrons. The van der Waals surface area contributed by atoms with Crippen molar-refractivity contribution in [1.29, 1.82) is 0 Å². The smallest absolute Gasteiger partial charge is 0.346 e. The second kappa shape index (κ2) is 12.8. The molecule has 1 aromatic heterocycles. The molecule has 1 fully saturated rings. The fraction of sp³-hybridized carbons (Fsp3) is 0.125. The minimum atomic E-state index is -5.00. The van der Waals surface area contributed by atoms with Crippen molar-refractivity contribution in [2.24, 2.45) is 0 Å². The molecule has 1 saturated heterocycles. The van der Waals surface area contributed by atoms with Gasteiger partial charge in [-0.05, 0) is 55.5 Å². The summed E-state index contributed by atoms with van der Waals surface area (Å²) < 4.78 is 36.5. The molecular weight excluding hydrogens is 569 g/mol. The van der Waals surface area contributed by atoms with Crippen molar-refractivity contribution >= 4 is 45.2 Å². The van der Waals surface area contributed by atoms with E-state index >= 15 is 0 Å². The molecule has 1 unspecified atom stereocenters. The lowest BCUT2D eigenvalue weighted by Gasteiger charge is -2.24. The minimum absolute atomic E-state index is 0.261. The van der Waals surface area contributed by atoms with Gasteiger partial charge in [0.2, 0.25) is 10.4 Å². The molecule has 0 spiro atoms. The summed E-state index contributed by atoms with van der Waals surface area (Å²) in [5.41, 5.74) is 1.28. The summed E-state index contributed by atoms with van der Waals surface area (Å²) >= 11 is 0. The molecule has 4 aromatic rings. The van der Waals surface area contributed by atoms with Gasteiger partial charge < -0.3 is 9.45 Å². The van der Waals surface area contributed by atoms with Crippen LogP contribution in [0.25, 0.3) is 5.57 Å². The summed E-state index contributed by atoms with van der Waals surface area (Å²) in [5.74, 6) is 2.41. The predicted molar refractivity (Wildman–Crippen MR) is 166 cm³/mol. The third-order valence-corrected chi connectivity index (χ3v) is 11.4. The van der Waals surface area contributed by atoms with E-state index in [1.54, 1.807) is 30.5 Å². The molecule has 0 N–H and O–H groups in total. The number of fused-ring (bicyclic) bond motifs is 2. The summed E-state index contributed by atoms with van der Waals surface area (Å²) in [6.07, 6.45) is 5.56. The Hall–Kier alpha value is -4.14. The first-order chi connectivity index (χ1) is 20.3.